The first kappa shape index (κ1) is 8.35. The Morgan fingerprint density at radius 3 is 3.08 bits per heavy atom. The summed E-state index contributed by atoms with van der Waals surface area (Å²) < 4.78 is 0. The quantitative estimate of drug-likeness (QED) is 0.759. The van der Waals surface area contributed by atoms with Crippen molar-refractivity contribution in [2.24, 2.45) is 0 Å². The topological polar surface area (TPSA) is 49.6 Å². The number of nitriles is 1. The van der Waals surface area contributed by atoms with E-state index in [9.17, 15) is 0 Å². The van der Waals surface area contributed by atoms with Gasteiger partial charge in [0.05, 0.1) is 28.6 Å². The molecule has 13 heavy (non-hydrogen) atoms. The minimum absolute atomic E-state index is 0.392. The third kappa shape index (κ3) is 1.74. The second kappa shape index (κ2) is 3.64. The molecule has 0 unspecified atom stereocenters. The van der Waals surface area contributed by atoms with Crippen molar-refractivity contribution in [2.45, 2.75) is 6.42 Å². The largest absolute Gasteiger partial charge is 0.252 e. The predicted octanol–water partition coefficient (Wildman–Crippen LogP) is 2.33. The molecule has 2 heterocycles. The Kier molecular flexibility index (Phi) is 2.34. The van der Waals surface area contributed by atoms with Crippen molar-refractivity contribution in [2.75, 3.05) is 0 Å². The van der Waals surface area contributed by atoms with Crippen LogP contribution in [0.15, 0.2) is 17.1 Å². The van der Waals surface area contributed by atoms with Crippen LogP contribution in [0.5, 0.6) is 0 Å². The van der Waals surface area contributed by atoms with Crippen LogP contribution in [0.1, 0.15) is 5.01 Å². The molecule has 0 aliphatic carbocycles. The Morgan fingerprint density at radius 2 is 2.38 bits per heavy atom. The van der Waals surface area contributed by atoms with Gasteiger partial charge in [-0.2, -0.15) is 5.26 Å². The maximum Gasteiger partial charge on any atom is 0.107 e. The minimum Gasteiger partial charge on any atom is -0.252 e. The highest BCUT2D eigenvalue weighted by molar-refractivity contribution is 7.14. The zero-order chi connectivity index (χ0) is 9.10. The summed E-state index contributed by atoms with van der Waals surface area (Å²) in [6.07, 6.45) is 2.18. The third-order valence-electron chi connectivity index (χ3n) is 1.47. The molecule has 0 spiro atoms. The van der Waals surface area contributed by atoms with Gasteiger partial charge in [-0.15, -0.1) is 22.7 Å². The van der Waals surface area contributed by atoms with Crippen molar-refractivity contribution < 1.29 is 0 Å². The molecule has 0 bridgehead atoms. The van der Waals surface area contributed by atoms with Crippen molar-refractivity contribution in [3.05, 3.63) is 22.1 Å². The Balaban J connectivity index is 2.29. The monoisotopic (exact) mass is 207 g/mol. The molecule has 3 nitrogen and oxygen atoms in total. The van der Waals surface area contributed by atoms with Crippen LogP contribution in [0.3, 0.4) is 0 Å². The fourth-order valence-corrected chi connectivity index (χ4v) is 2.30. The molecule has 0 amide bonds. The molecular weight excluding hydrogens is 202 g/mol. The van der Waals surface area contributed by atoms with Gasteiger partial charge in [0.25, 0.3) is 0 Å². The fourth-order valence-electron chi connectivity index (χ4n) is 0.915. The molecule has 0 saturated heterocycles. The Morgan fingerprint density at radius 1 is 1.46 bits per heavy atom. The highest BCUT2D eigenvalue weighted by atomic mass is 32.1. The van der Waals surface area contributed by atoms with E-state index in [1.807, 2.05) is 5.38 Å². The molecule has 0 N–H and O–H groups in total. The summed E-state index contributed by atoms with van der Waals surface area (Å²) in [4.78, 5) is 9.34. The number of thiazole rings is 2. The third-order valence-corrected chi connectivity index (χ3v) is 3.11. The van der Waals surface area contributed by atoms with Gasteiger partial charge in [0.2, 0.25) is 0 Å². The van der Waals surface area contributed by atoms with Crippen LogP contribution in [-0.4, -0.2) is 9.97 Å². The zero-order valence-electron chi connectivity index (χ0n) is 6.60. The number of aromatic nitrogens is 2. The second-order valence-corrected chi connectivity index (χ2v) is 4.16. The molecular formula is C8H5N3S2. The van der Waals surface area contributed by atoms with Crippen molar-refractivity contribution in [3.8, 4) is 16.6 Å². The van der Waals surface area contributed by atoms with Crippen molar-refractivity contribution in [1.29, 1.82) is 5.26 Å². The molecule has 2 rings (SSSR count). The average molecular weight is 207 g/mol. The predicted molar refractivity (Wildman–Crippen MR) is 52.5 cm³/mol. The zero-order valence-corrected chi connectivity index (χ0v) is 8.23. The van der Waals surface area contributed by atoms with Crippen LogP contribution < -0.4 is 0 Å². The molecule has 0 fully saturated rings. The van der Waals surface area contributed by atoms with Crippen LogP contribution in [0, 0.1) is 11.3 Å². The lowest BCUT2D eigenvalue weighted by molar-refractivity contribution is 1.19. The first-order valence-corrected chi connectivity index (χ1v) is 5.36. The van der Waals surface area contributed by atoms with Crippen LogP contribution in [-0.2, 0) is 6.42 Å². The van der Waals surface area contributed by atoms with Gasteiger partial charge in [0.1, 0.15) is 5.01 Å². The molecule has 64 valence electrons. The van der Waals surface area contributed by atoms with Crippen LogP contribution in [0.4, 0.5) is 0 Å². The van der Waals surface area contributed by atoms with E-state index < -0.39 is 0 Å². The summed E-state index contributed by atoms with van der Waals surface area (Å²) in [5, 5.41) is 11.3. The van der Waals surface area contributed by atoms with Gasteiger partial charge in [-0.25, -0.2) is 4.98 Å². The Bertz CT molecular complexity index is 424. The molecule has 0 atom stereocenters. The first-order chi connectivity index (χ1) is 6.40. The minimum atomic E-state index is 0.392. The summed E-state index contributed by atoms with van der Waals surface area (Å²) in [5.41, 5.74) is 2.70. The lowest BCUT2D eigenvalue weighted by Gasteiger charge is -1.85. The molecule has 2 aromatic rings. The van der Waals surface area contributed by atoms with Gasteiger partial charge in [0, 0.05) is 11.6 Å². The lowest BCUT2D eigenvalue weighted by atomic mass is 10.4. The molecule has 0 aliphatic rings. The molecule has 0 aliphatic heterocycles. The Labute approximate surface area is 83.3 Å². The molecule has 0 saturated carbocycles. The number of hydrogen-bond acceptors (Lipinski definition) is 5. The van der Waals surface area contributed by atoms with Crippen LogP contribution in [0.2, 0.25) is 0 Å². The normalized spacial score (nSPS) is 9.77. The Hall–Kier alpha value is -1.25. The van der Waals surface area contributed by atoms with Gasteiger partial charge < -0.3 is 0 Å². The van der Waals surface area contributed by atoms with Gasteiger partial charge in [-0.1, -0.05) is 0 Å². The van der Waals surface area contributed by atoms with Crippen LogP contribution in [0.25, 0.3) is 10.6 Å². The lowest BCUT2D eigenvalue weighted by Crippen LogP contribution is -1.78. The van der Waals surface area contributed by atoms with Crippen LogP contribution >= 0.6 is 22.7 Å². The van der Waals surface area contributed by atoms with Gasteiger partial charge >= 0.3 is 0 Å². The second-order valence-electron chi connectivity index (χ2n) is 2.33. The number of rotatable bonds is 2. The van der Waals surface area contributed by atoms with E-state index in [0.29, 0.717) is 6.42 Å². The number of nitrogens with zero attached hydrogens (tertiary/aromatic N) is 3. The fraction of sp³-hybridized carbons (Fsp3) is 0.125. The summed E-state index contributed by atoms with van der Waals surface area (Å²) >= 11 is 3.08. The van der Waals surface area contributed by atoms with E-state index in [4.69, 9.17) is 5.26 Å². The van der Waals surface area contributed by atoms with E-state index in [2.05, 4.69) is 16.0 Å². The summed E-state index contributed by atoms with van der Waals surface area (Å²) in [6, 6.07) is 2.08. The first-order valence-electron chi connectivity index (χ1n) is 3.60. The summed E-state index contributed by atoms with van der Waals surface area (Å²) in [6.45, 7) is 0. The van der Waals surface area contributed by atoms with E-state index in [0.717, 1.165) is 15.6 Å². The molecule has 5 heteroatoms. The average Bonchev–Trinajstić information content (AvgIpc) is 2.70. The summed E-state index contributed by atoms with van der Waals surface area (Å²) in [5.74, 6) is 0. The number of hydrogen-bond donors (Lipinski definition) is 0. The van der Waals surface area contributed by atoms with Gasteiger partial charge in [0.15, 0.2) is 0 Å². The standard InChI is InChI=1S/C8H5N3S2/c9-2-1-8-11-6(4-12-8)7-3-10-5-13-7/h3-5H,1H2. The van der Waals surface area contributed by atoms with E-state index in [1.165, 1.54) is 11.3 Å². The van der Waals surface area contributed by atoms with E-state index >= 15 is 0 Å². The van der Waals surface area contributed by atoms with Gasteiger partial charge in [-0.05, 0) is 0 Å². The maximum absolute atomic E-state index is 8.47. The van der Waals surface area contributed by atoms with Gasteiger partial charge in [-0.3, -0.25) is 4.98 Å². The van der Waals surface area contributed by atoms with Crippen molar-refractivity contribution >= 4 is 22.7 Å². The smallest absolute Gasteiger partial charge is 0.107 e. The molecule has 0 aromatic carbocycles. The molecule has 2 aromatic heterocycles. The van der Waals surface area contributed by atoms with Crippen molar-refractivity contribution in [1.82, 2.24) is 9.97 Å². The summed E-state index contributed by atoms with van der Waals surface area (Å²) in [7, 11) is 0. The SMILES string of the molecule is N#CCc1nc(-c2cncs2)cs1. The van der Waals surface area contributed by atoms with E-state index in [-0.39, 0.29) is 0 Å². The highest BCUT2D eigenvalue weighted by Crippen LogP contribution is 2.24. The van der Waals surface area contributed by atoms with Crippen molar-refractivity contribution in [3.63, 3.8) is 0 Å². The molecule has 0 radical (unpaired) electrons. The van der Waals surface area contributed by atoms with E-state index in [1.54, 1.807) is 23.0 Å². The maximum atomic E-state index is 8.47. The highest BCUT2D eigenvalue weighted by Gasteiger charge is 2.04.